The molecule has 10 nitrogen and oxygen atoms in total. The van der Waals surface area contributed by atoms with Crippen molar-refractivity contribution in [2.75, 3.05) is 5.75 Å². The Balaban J connectivity index is 1.84. The minimum Gasteiger partial charge on any atom is -0.444 e. The molecule has 13 heteroatoms. The average Bonchev–Trinajstić information content (AvgIpc) is 3.25. The number of carbonyl (C=O) groups is 2. The maximum absolute atomic E-state index is 15.7. The number of ketones is 1. The number of hydrogen-bond acceptors (Lipinski definition) is 8. The zero-order valence-electron chi connectivity index (χ0n) is 23.0. The Morgan fingerprint density at radius 1 is 1.20 bits per heavy atom. The van der Waals surface area contributed by atoms with Crippen molar-refractivity contribution in [1.29, 1.82) is 0 Å². The molecule has 0 unspecified atom stereocenters. The number of amides is 1. The SMILES string of the molecule is CC(C)(C)OC(=O)N[C@H]1CS(=O)(=O)C2=C(C1=O)C(Cc1ccc(Cl)cc1)=CC(n1cnc(C(C)(C)C)n1)=C(F)N2. The molecule has 0 bridgehead atoms. The van der Waals surface area contributed by atoms with Gasteiger partial charge in [0, 0.05) is 10.4 Å². The van der Waals surface area contributed by atoms with Gasteiger partial charge in [-0.2, -0.15) is 9.49 Å². The molecule has 1 aromatic heterocycles. The van der Waals surface area contributed by atoms with Crippen molar-refractivity contribution in [2.45, 2.75) is 65.0 Å². The second kappa shape index (κ2) is 10.5. The fourth-order valence-corrected chi connectivity index (χ4v) is 5.89. The Hall–Kier alpha value is -3.51. The van der Waals surface area contributed by atoms with Gasteiger partial charge in [-0.05, 0) is 56.5 Å². The third kappa shape index (κ3) is 6.44. The van der Waals surface area contributed by atoms with Crippen molar-refractivity contribution >= 4 is 39.0 Å². The molecule has 40 heavy (non-hydrogen) atoms. The first-order chi connectivity index (χ1) is 18.4. The summed E-state index contributed by atoms with van der Waals surface area (Å²) < 4.78 is 49.0. The lowest BCUT2D eigenvalue weighted by Gasteiger charge is -2.28. The van der Waals surface area contributed by atoms with Crippen molar-refractivity contribution in [3.63, 3.8) is 0 Å². The van der Waals surface area contributed by atoms with Crippen LogP contribution in [0.4, 0.5) is 9.18 Å². The highest BCUT2D eigenvalue weighted by Crippen LogP contribution is 2.34. The third-order valence-electron chi connectivity index (χ3n) is 5.98. The normalized spacial score (nSPS) is 19.4. The number of nitrogens with zero attached hydrogens (tertiary/aromatic N) is 3. The van der Waals surface area contributed by atoms with Crippen LogP contribution in [0.3, 0.4) is 0 Å². The first-order valence-corrected chi connectivity index (χ1v) is 14.5. The molecule has 1 aromatic carbocycles. The largest absolute Gasteiger partial charge is 0.444 e. The van der Waals surface area contributed by atoms with Crippen LogP contribution in [0, 0.1) is 0 Å². The van der Waals surface area contributed by atoms with E-state index in [0.29, 0.717) is 16.4 Å². The van der Waals surface area contributed by atoms with Crippen LogP contribution >= 0.6 is 11.6 Å². The summed E-state index contributed by atoms with van der Waals surface area (Å²) >= 11 is 6.03. The van der Waals surface area contributed by atoms with Gasteiger partial charge in [-0.15, -0.1) is 0 Å². The van der Waals surface area contributed by atoms with Gasteiger partial charge in [-0.25, -0.2) is 22.9 Å². The standard InChI is InChI=1S/C27H31ClFN5O5S/c1-26(2,3)24-30-14-34(33-24)19-12-16(11-15-7-9-17(28)10-8-15)20-21(35)18(31-25(36)39-27(4,5)6)13-40(37,38)23(20)32-22(19)29/h7-10,12,14,18,32H,11,13H2,1-6H3,(H,31,36)/t18-/m0/s1. The van der Waals surface area contributed by atoms with E-state index in [1.807, 2.05) is 20.8 Å². The predicted octanol–water partition coefficient (Wildman–Crippen LogP) is 4.20. The Labute approximate surface area is 237 Å². The fourth-order valence-electron chi connectivity index (χ4n) is 4.14. The van der Waals surface area contributed by atoms with Crippen LogP contribution in [0.1, 0.15) is 52.9 Å². The molecular formula is C27H31ClFN5O5S. The van der Waals surface area contributed by atoms with E-state index >= 15 is 4.39 Å². The molecule has 0 fully saturated rings. The monoisotopic (exact) mass is 591 g/mol. The average molecular weight is 592 g/mol. The summed E-state index contributed by atoms with van der Waals surface area (Å²) in [6, 6.07) is 5.29. The molecular weight excluding hydrogens is 561 g/mol. The van der Waals surface area contributed by atoms with E-state index < -0.39 is 55.5 Å². The second-order valence-electron chi connectivity index (χ2n) is 11.6. The summed E-state index contributed by atoms with van der Waals surface area (Å²) in [7, 11) is -4.27. The lowest BCUT2D eigenvalue weighted by Crippen LogP contribution is -2.51. The summed E-state index contributed by atoms with van der Waals surface area (Å²) in [5.41, 5.74) is -0.826. The van der Waals surface area contributed by atoms with Crippen LogP contribution in [0.15, 0.2) is 58.8 Å². The Morgan fingerprint density at radius 2 is 1.85 bits per heavy atom. The molecule has 0 aliphatic carbocycles. The maximum atomic E-state index is 15.7. The van der Waals surface area contributed by atoms with Crippen LogP contribution in [0.25, 0.3) is 5.70 Å². The van der Waals surface area contributed by atoms with Gasteiger partial charge < -0.3 is 15.4 Å². The van der Waals surface area contributed by atoms with E-state index in [1.54, 1.807) is 45.0 Å². The molecule has 2 aromatic rings. The number of Topliss-reactive ketones (excluding diaryl/α,β-unsaturated/α-hetero) is 1. The van der Waals surface area contributed by atoms with Crippen molar-refractivity contribution in [3.05, 3.63) is 75.2 Å². The minimum absolute atomic E-state index is 0.0513. The molecule has 1 atom stereocenters. The number of aromatic nitrogens is 3. The van der Waals surface area contributed by atoms with E-state index in [2.05, 4.69) is 20.7 Å². The van der Waals surface area contributed by atoms with Crippen LogP contribution in [0.2, 0.25) is 5.02 Å². The zero-order chi connectivity index (χ0) is 29.6. The molecule has 1 amide bonds. The number of halogens is 2. The number of rotatable bonds is 4. The molecule has 2 aliphatic heterocycles. The highest BCUT2D eigenvalue weighted by molar-refractivity contribution is 7.95. The Bertz CT molecular complexity index is 1560. The van der Waals surface area contributed by atoms with Crippen molar-refractivity contribution in [2.24, 2.45) is 0 Å². The second-order valence-corrected chi connectivity index (χ2v) is 14.0. The number of alkyl carbamates (subject to hydrolysis) is 1. The minimum atomic E-state index is -4.27. The van der Waals surface area contributed by atoms with Crippen molar-refractivity contribution in [3.8, 4) is 0 Å². The molecule has 2 N–H and O–H groups in total. The lowest BCUT2D eigenvalue weighted by atomic mass is 9.92. The number of nitrogens with one attached hydrogen (secondary N) is 2. The summed E-state index contributed by atoms with van der Waals surface area (Å²) in [5, 5.41) is 8.98. The van der Waals surface area contributed by atoms with Crippen LogP contribution < -0.4 is 10.6 Å². The van der Waals surface area contributed by atoms with Gasteiger partial charge >= 0.3 is 6.09 Å². The first kappa shape index (κ1) is 29.5. The topological polar surface area (TPSA) is 132 Å². The van der Waals surface area contributed by atoms with Gasteiger partial charge in [0.2, 0.25) is 5.95 Å². The molecule has 0 radical (unpaired) electrons. The number of ether oxygens (including phenoxy) is 1. The smallest absolute Gasteiger partial charge is 0.408 e. The number of benzene rings is 1. The van der Waals surface area contributed by atoms with E-state index in [0.717, 1.165) is 0 Å². The van der Waals surface area contributed by atoms with Crippen LogP contribution in [-0.4, -0.2) is 52.5 Å². The molecule has 214 valence electrons. The number of sulfone groups is 1. The molecule has 2 aliphatic rings. The maximum Gasteiger partial charge on any atom is 0.408 e. The van der Waals surface area contributed by atoms with Crippen molar-refractivity contribution < 1.29 is 27.1 Å². The Kier molecular flexibility index (Phi) is 7.72. The van der Waals surface area contributed by atoms with Gasteiger partial charge in [0.25, 0.3) is 0 Å². The molecule has 4 rings (SSSR count). The first-order valence-electron chi connectivity index (χ1n) is 12.5. The van der Waals surface area contributed by atoms with E-state index in [9.17, 15) is 18.0 Å². The van der Waals surface area contributed by atoms with Gasteiger partial charge in [0.05, 0.1) is 11.3 Å². The highest BCUT2D eigenvalue weighted by Gasteiger charge is 2.43. The molecule has 0 spiro atoms. The number of carbonyl (C=O) groups excluding carboxylic acids is 2. The van der Waals surface area contributed by atoms with Gasteiger partial charge in [-0.1, -0.05) is 44.5 Å². The Morgan fingerprint density at radius 3 is 2.42 bits per heavy atom. The molecule has 0 saturated heterocycles. The fraction of sp³-hybridized carbons (Fsp3) is 0.407. The van der Waals surface area contributed by atoms with Gasteiger partial charge in [0.15, 0.2) is 21.4 Å². The highest BCUT2D eigenvalue weighted by atomic mass is 35.5. The summed E-state index contributed by atoms with van der Waals surface area (Å²) in [6.45, 7) is 10.6. The number of allylic oxidation sites excluding steroid dienone is 3. The predicted molar refractivity (Wildman–Crippen MR) is 148 cm³/mol. The van der Waals surface area contributed by atoms with Gasteiger partial charge in [0.1, 0.15) is 28.7 Å². The van der Waals surface area contributed by atoms with Crippen LogP contribution in [0.5, 0.6) is 0 Å². The summed E-state index contributed by atoms with van der Waals surface area (Å²) in [6.07, 6.45) is 1.79. The lowest BCUT2D eigenvalue weighted by molar-refractivity contribution is -0.117. The zero-order valence-corrected chi connectivity index (χ0v) is 24.6. The molecule has 3 heterocycles. The van der Waals surface area contributed by atoms with Crippen molar-refractivity contribution in [1.82, 2.24) is 25.4 Å². The van der Waals surface area contributed by atoms with E-state index in [1.165, 1.54) is 17.1 Å². The quantitative estimate of drug-likeness (QED) is 0.506. The number of hydrogen-bond donors (Lipinski definition) is 2. The van der Waals surface area contributed by atoms with Crippen LogP contribution in [-0.2, 0) is 31.2 Å². The summed E-state index contributed by atoms with van der Waals surface area (Å²) in [4.78, 5) is 30.5. The third-order valence-corrected chi connectivity index (χ3v) is 7.93. The van der Waals surface area contributed by atoms with E-state index in [4.69, 9.17) is 16.3 Å². The summed E-state index contributed by atoms with van der Waals surface area (Å²) in [5.74, 6) is -2.07. The van der Waals surface area contributed by atoms with Gasteiger partial charge in [-0.3, -0.25) is 4.79 Å². The molecule has 0 saturated carbocycles. The van der Waals surface area contributed by atoms with E-state index in [-0.39, 0.29) is 23.3 Å².